The van der Waals surface area contributed by atoms with Crippen LogP contribution < -0.4 is 32.0 Å². The topological polar surface area (TPSA) is 270 Å². The predicted molar refractivity (Wildman–Crippen MR) is 196 cm³/mol. The Morgan fingerprint density at radius 3 is 2.02 bits per heavy atom. The van der Waals surface area contributed by atoms with E-state index in [1.54, 1.807) is 19.1 Å². The van der Waals surface area contributed by atoms with E-state index in [-0.39, 0.29) is 56.2 Å². The molecule has 14 nitrogen and oxygen atoms in total. The van der Waals surface area contributed by atoms with E-state index in [2.05, 4.69) is 18.4 Å². The lowest BCUT2D eigenvalue weighted by molar-refractivity contribution is -0.211. The number of carboxylic acids is 1. The quantitative estimate of drug-likeness (QED) is 0.0822. The van der Waals surface area contributed by atoms with Gasteiger partial charge in [0, 0.05) is 40.1 Å². The molecule has 0 aromatic heterocycles. The van der Waals surface area contributed by atoms with Crippen molar-refractivity contribution in [2.75, 3.05) is 6.54 Å². The molecule has 0 fully saturated rings. The van der Waals surface area contributed by atoms with E-state index >= 15 is 0 Å². The number of phenolic OH excluding ortho intramolecular Hbond substituents is 1. The SMILES string of the molecule is CC(Cc1ccc(OP(=O)([O-])O)cc1)C(N)=O.CCCC.CCN.NC(=O)c1ccc(C(=O)O)c(-c2c3cc(F)c(=O)cc-3oc3cc(O)c(F)cc23)c1. The standard InChI is InChI=1S/C21H11F2NO6.C10H14NO5P.C4H10.C2H7N/c22-13-4-11-17(6-15(13)25)30-18-7-16(26)14(23)5-12(18)19(11)10-3-8(20(24)27)1-2-9(10)21(28)29;1-7(10(11)12)6-8-2-4-9(5-3-8)16-17(13,14)15;1-3-4-2;1-2-3/h1-7,25H,(H2,24,27)(H,28,29);2-5,7H,6H2,1H3,(H2,11,12)(H2,13,14,15);3-4H2,1-2H3;2-3H2,1H3/p-1. The highest BCUT2D eigenvalue weighted by Crippen LogP contribution is 2.43. The number of nitrogens with two attached hydrogens (primary N) is 3. The number of aromatic hydroxyl groups is 1. The number of unbranched alkanes of at least 4 members (excludes halogenated alkanes) is 1. The van der Waals surface area contributed by atoms with Gasteiger partial charge in [-0.1, -0.05) is 52.7 Å². The smallest absolute Gasteiger partial charge is 0.336 e. The van der Waals surface area contributed by atoms with Crippen molar-refractivity contribution >= 4 is 36.6 Å². The molecule has 0 saturated heterocycles. The number of carboxylic acid groups (broad SMARTS) is 1. The zero-order valence-electron chi connectivity index (χ0n) is 29.8. The van der Waals surface area contributed by atoms with Gasteiger partial charge in [0.15, 0.2) is 17.4 Å². The van der Waals surface area contributed by atoms with E-state index < -0.39 is 48.4 Å². The molecule has 54 heavy (non-hydrogen) atoms. The van der Waals surface area contributed by atoms with Crippen molar-refractivity contribution < 1.29 is 56.7 Å². The summed E-state index contributed by atoms with van der Waals surface area (Å²) in [4.78, 5) is 65.0. The predicted octanol–water partition coefficient (Wildman–Crippen LogP) is 5.31. The zero-order chi connectivity index (χ0) is 40.9. The zero-order valence-corrected chi connectivity index (χ0v) is 30.7. The normalized spacial score (nSPS) is 12.1. The summed E-state index contributed by atoms with van der Waals surface area (Å²) in [5.41, 5.74) is 14.6. The van der Waals surface area contributed by atoms with Gasteiger partial charge < -0.3 is 46.1 Å². The molecule has 0 bridgehead atoms. The van der Waals surface area contributed by atoms with Crippen LogP contribution >= 0.6 is 7.82 Å². The molecule has 3 aromatic rings. The summed E-state index contributed by atoms with van der Waals surface area (Å²) < 4.78 is 48.5. The number of hydrogen-bond donors (Lipinski definition) is 6. The first-order valence-corrected chi connectivity index (χ1v) is 17.9. The summed E-state index contributed by atoms with van der Waals surface area (Å²) in [6.45, 7) is 8.71. The third kappa shape index (κ3) is 12.5. The van der Waals surface area contributed by atoms with Gasteiger partial charge in [0.2, 0.25) is 17.2 Å². The van der Waals surface area contributed by atoms with Crippen LogP contribution in [0, 0.1) is 17.6 Å². The first-order valence-electron chi connectivity index (χ1n) is 16.4. The number of rotatable bonds is 9. The number of amides is 2. The third-order valence-corrected chi connectivity index (χ3v) is 7.76. The molecule has 290 valence electrons. The molecule has 1 aliphatic carbocycles. The minimum Gasteiger partial charge on any atom is -0.746 e. The highest BCUT2D eigenvalue weighted by molar-refractivity contribution is 7.45. The van der Waals surface area contributed by atoms with Crippen LogP contribution in [0.3, 0.4) is 0 Å². The van der Waals surface area contributed by atoms with Crippen LogP contribution in [-0.4, -0.2) is 39.4 Å². The lowest BCUT2D eigenvalue weighted by atomic mass is 9.89. The molecule has 2 aliphatic rings. The molecule has 3 aromatic carbocycles. The second-order valence-corrected chi connectivity index (χ2v) is 12.7. The Balaban J connectivity index is 0.000000355. The molecular formula is C37H41F2N3O11P-. The lowest BCUT2D eigenvalue weighted by Crippen LogP contribution is -2.22. The minimum absolute atomic E-state index is 0.00968. The van der Waals surface area contributed by atoms with Gasteiger partial charge in [-0.05, 0) is 66.6 Å². The number of hydrogen-bond acceptors (Lipinski definition) is 10. The number of benzene rings is 4. The fourth-order valence-corrected chi connectivity index (χ4v) is 4.94. The molecule has 9 N–H and O–H groups in total. The second kappa shape index (κ2) is 20.0. The van der Waals surface area contributed by atoms with Crippen LogP contribution in [0.5, 0.6) is 11.5 Å². The molecule has 0 spiro atoms. The molecule has 1 heterocycles. The van der Waals surface area contributed by atoms with Crippen LogP contribution in [0.25, 0.3) is 33.4 Å². The van der Waals surface area contributed by atoms with E-state index in [4.69, 9.17) is 26.5 Å². The minimum atomic E-state index is -4.77. The summed E-state index contributed by atoms with van der Waals surface area (Å²) >= 11 is 0. The van der Waals surface area contributed by atoms with Gasteiger partial charge in [0.05, 0.1) is 5.56 Å². The van der Waals surface area contributed by atoms with Gasteiger partial charge in [0.1, 0.15) is 17.1 Å². The Kier molecular flexibility index (Phi) is 16.5. The van der Waals surface area contributed by atoms with E-state index in [0.717, 1.165) is 42.4 Å². The number of phosphoric acid groups is 1. The molecule has 2 amide bonds. The summed E-state index contributed by atoms with van der Waals surface area (Å²) in [6, 6.07) is 13.0. The van der Waals surface area contributed by atoms with Crippen LogP contribution in [0.4, 0.5) is 8.78 Å². The van der Waals surface area contributed by atoms with Crippen molar-refractivity contribution in [3.8, 4) is 33.9 Å². The number of halogens is 2. The van der Waals surface area contributed by atoms with Gasteiger partial charge >= 0.3 is 13.8 Å². The van der Waals surface area contributed by atoms with E-state index in [1.165, 1.54) is 37.1 Å². The fourth-order valence-electron chi connectivity index (χ4n) is 4.56. The van der Waals surface area contributed by atoms with Gasteiger partial charge in [-0.2, -0.15) is 0 Å². The first-order chi connectivity index (χ1) is 25.3. The van der Waals surface area contributed by atoms with Crippen LogP contribution in [-0.2, 0) is 15.8 Å². The number of carbonyl (C=O) groups is 3. The number of primary amides is 2. The Bertz CT molecular complexity index is 2170. The summed E-state index contributed by atoms with van der Waals surface area (Å²) in [6.07, 6.45) is 3.10. The summed E-state index contributed by atoms with van der Waals surface area (Å²) in [5.74, 6) is -5.96. The van der Waals surface area contributed by atoms with Gasteiger partial charge in [-0.15, -0.1) is 0 Å². The first kappa shape index (κ1) is 44.5. The van der Waals surface area contributed by atoms with Gasteiger partial charge in [-0.3, -0.25) is 18.9 Å². The van der Waals surface area contributed by atoms with Gasteiger partial charge in [-0.25, -0.2) is 13.6 Å². The van der Waals surface area contributed by atoms with Crippen molar-refractivity contribution in [1.82, 2.24) is 0 Å². The summed E-state index contributed by atoms with van der Waals surface area (Å²) in [5, 5.41) is 19.3. The van der Waals surface area contributed by atoms with E-state index in [0.29, 0.717) is 6.42 Å². The molecule has 1 aliphatic heterocycles. The fraction of sp³-hybridized carbons (Fsp3) is 0.243. The maximum Gasteiger partial charge on any atom is 0.336 e. The Morgan fingerprint density at radius 1 is 0.926 bits per heavy atom. The highest BCUT2D eigenvalue weighted by atomic mass is 31.2. The molecule has 17 heteroatoms. The maximum absolute atomic E-state index is 14.1. The number of aromatic carboxylic acids is 1. The molecule has 0 saturated carbocycles. The van der Waals surface area contributed by atoms with Crippen LogP contribution in [0.2, 0.25) is 0 Å². The van der Waals surface area contributed by atoms with E-state index in [9.17, 15) is 47.6 Å². The molecule has 2 atom stereocenters. The van der Waals surface area contributed by atoms with E-state index in [1.807, 2.05) is 6.92 Å². The molecule has 2 unspecified atom stereocenters. The second-order valence-electron chi connectivity index (χ2n) is 11.6. The number of phosphoric ester groups is 1. The molecule has 0 radical (unpaired) electrons. The average molecular weight is 773 g/mol. The number of carbonyl (C=O) groups excluding carboxylic acids is 2. The van der Waals surface area contributed by atoms with Crippen molar-refractivity contribution in [3.63, 3.8) is 0 Å². The number of phenols is 1. The Hall–Kier alpha value is -5.67. The highest BCUT2D eigenvalue weighted by Gasteiger charge is 2.25. The third-order valence-electron chi connectivity index (χ3n) is 7.32. The Labute approximate surface area is 308 Å². The van der Waals surface area contributed by atoms with Crippen molar-refractivity contribution in [2.24, 2.45) is 23.1 Å². The van der Waals surface area contributed by atoms with Crippen LogP contribution in [0.15, 0.2) is 75.9 Å². The molecular weight excluding hydrogens is 731 g/mol. The number of fused-ring (bicyclic) bond motifs is 2. The maximum atomic E-state index is 14.1. The average Bonchev–Trinajstić information content (AvgIpc) is 3.09. The van der Waals surface area contributed by atoms with Crippen molar-refractivity contribution in [1.29, 1.82) is 0 Å². The Morgan fingerprint density at radius 2 is 1.52 bits per heavy atom. The molecule has 5 rings (SSSR count). The van der Waals surface area contributed by atoms with Gasteiger partial charge in [0.25, 0.3) is 0 Å². The van der Waals surface area contributed by atoms with Crippen molar-refractivity contribution in [3.05, 3.63) is 105 Å². The lowest BCUT2D eigenvalue weighted by Gasteiger charge is -2.17. The monoisotopic (exact) mass is 772 g/mol. The summed E-state index contributed by atoms with van der Waals surface area (Å²) in [7, 11) is -4.77. The van der Waals surface area contributed by atoms with Crippen molar-refractivity contribution in [2.45, 2.75) is 47.0 Å². The largest absolute Gasteiger partial charge is 0.746 e. The van der Waals surface area contributed by atoms with Crippen LogP contribution in [0.1, 0.15) is 66.8 Å².